The van der Waals surface area contributed by atoms with Gasteiger partial charge < -0.3 is 9.64 Å². The fraction of sp³-hybridized carbons (Fsp3) is 0.0909. The highest BCUT2D eigenvalue weighted by atomic mass is 16.5. The maximum atomic E-state index is 12.9. The molecule has 1 amide bonds. The minimum absolute atomic E-state index is 0.0704. The first-order valence-electron chi connectivity index (χ1n) is 8.69. The topological polar surface area (TPSA) is 47.4 Å². The number of hydrogen-bond acceptors (Lipinski definition) is 3. The molecule has 0 saturated heterocycles. The van der Waals surface area contributed by atoms with Crippen LogP contribution in [0.2, 0.25) is 0 Å². The number of para-hydroxylation sites is 2. The molecule has 0 aliphatic carbocycles. The van der Waals surface area contributed by atoms with Crippen molar-refractivity contribution in [3.63, 3.8) is 0 Å². The van der Waals surface area contributed by atoms with Crippen LogP contribution in [-0.4, -0.2) is 27.6 Å². The number of likely N-dealkylation sites (N-methyl/N-ethyl adjacent to an activating group) is 1. The number of fused-ring (bicyclic) bond motifs is 1. The van der Waals surface area contributed by atoms with E-state index in [0.717, 1.165) is 22.6 Å². The molecular weight excluding hydrogens is 338 g/mol. The number of hydrogen-bond donors (Lipinski definition) is 0. The van der Waals surface area contributed by atoms with Crippen LogP contribution in [0.3, 0.4) is 0 Å². The smallest absolute Gasteiger partial charge is 0.254 e. The van der Waals surface area contributed by atoms with Gasteiger partial charge in [-0.05, 0) is 30.4 Å². The Balaban J connectivity index is 1.50. The predicted molar refractivity (Wildman–Crippen MR) is 104 cm³/mol. The summed E-state index contributed by atoms with van der Waals surface area (Å²) in [5.74, 6) is 0.669. The van der Waals surface area contributed by atoms with Crippen LogP contribution in [0.4, 0.5) is 0 Å². The molecule has 0 radical (unpaired) electrons. The summed E-state index contributed by atoms with van der Waals surface area (Å²) in [6, 6.07) is 17.5. The summed E-state index contributed by atoms with van der Waals surface area (Å²) in [6.45, 7) is 0.472. The normalized spacial score (nSPS) is 12.6. The molecule has 0 fully saturated rings. The van der Waals surface area contributed by atoms with Gasteiger partial charge in [-0.25, -0.2) is 4.68 Å². The SMILES string of the molecule is CN(Cc1cnn(-c2ccccc2)c1)C(=O)C1=Cc2ccccc2OC=C1. The minimum Gasteiger partial charge on any atom is -0.464 e. The van der Waals surface area contributed by atoms with Crippen LogP contribution in [0.25, 0.3) is 11.8 Å². The lowest BCUT2D eigenvalue weighted by atomic mass is 10.1. The summed E-state index contributed by atoms with van der Waals surface area (Å²) in [5, 5.41) is 4.39. The number of ether oxygens (including phenoxy) is 1. The summed E-state index contributed by atoms with van der Waals surface area (Å²) in [6.07, 6.45) is 8.83. The van der Waals surface area contributed by atoms with E-state index < -0.39 is 0 Å². The lowest BCUT2D eigenvalue weighted by Crippen LogP contribution is -2.26. The maximum Gasteiger partial charge on any atom is 0.254 e. The number of amides is 1. The molecule has 0 N–H and O–H groups in total. The Bertz CT molecular complexity index is 1020. The van der Waals surface area contributed by atoms with Crippen molar-refractivity contribution in [3.8, 4) is 11.4 Å². The molecule has 5 heteroatoms. The van der Waals surface area contributed by atoms with E-state index in [-0.39, 0.29) is 5.91 Å². The van der Waals surface area contributed by atoms with Crippen molar-refractivity contribution < 1.29 is 9.53 Å². The number of benzene rings is 2. The third-order valence-corrected chi connectivity index (χ3v) is 4.34. The summed E-state index contributed by atoms with van der Waals surface area (Å²) >= 11 is 0. The molecule has 3 aromatic rings. The molecule has 1 aliphatic heterocycles. The number of aromatic nitrogens is 2. The molecule has 0 bridgehead atoms. The zero-order chi connectivity index (χ0) is 18.6. The van der Waals surface area contributed by atoms with E-state index in [1.54, 1.807) is 30.5 Å². The van der Waals surface area contributed by atoms with Crippen LogP contribution in [0.5, 0.6) is 5.75 Å². The highest BCUT2D eigenvalue weighted by Gasteiger charge is 2.16. The third-order valence-electron chi connectivity index (χ3n) is 4.34. The molecule has 5 nitrogen and oxygen atoms in total. The van der Waals surface area contributed by atoms with Gasteiger partial charge in [0.25, 0.3) is 5.91 Å². The van der Waals surface area contributed by atoms with Gasteiger partial charge in [0.2, 0.25) is 0 Å². The summed E-state index contributed by atoms with van der Waals surface area (Å²) < 4.78 is 7.37. The first-order valence-corrected chi connectivity index (χ1v) is 8.69. The Labute approximate surface area is 157 Å². The molecule has 1 aliphatic rings. The first-order chi connectivity index (χ1) is 13.2. The summed E-state index contributed by atoms with van der Waals surface area (Å²) in [5.41, 5.74) is 3.42. The minimum atomic E-state index is -0.0704. The molecule has 2 aromatic carbocycles. The Morgan fingerprint density at radius 2 is 1.89 bits per heavy atom. The van der Waals surface area contributed by atoms with Gasteiger partial charge in [0.15, 0.2) is 0 Å². The van der Waals surface area contributed by atoms with Crippen molar-refractivity contribution in [2.24, 2.45) is 0 Å². The molecule has 134 valence electrons. The van der Waals surface area contributed by atoms with Crippen LogP contribution < -0.4 is 4.74 Å². The molecule has 4 rings (SSSR count). The molecule has 0 atom stereocenters. The quantitative estimate of drug-likeness (QED) is 0.713. The van der Waals surface area contributed by atoms with Crippen LogP contribution >= 0.6 is 0 Å². The van der Waals surface area contributed by atoms with Gasteiger partial charge in [-0.3, -0.25) is 4.79 Å². The van der Waals surface area contributed by atoms with E-state index in [1.165, 1.54) is 0 Å². The zero-order valence-corrected chi connectivity index (χ0v) is 14.9. The monoisotopic (exact) mass is 357 g/mol. The van der Waals surface area contributed by atoms with E-state index in [4.69, 9.17) is 4.74 Å². The Hall–Kier alpha value is -3.60. The average molecular weight is 357 g/mol. The predicted octanol–water partition coefficient (Wildman–Crippen LogP) is 3.82. The van der Waals surface area contributed by atoms with Gasteiger partial charge in [-0.1, -0.05) is 36.4 Å². The second kappa shape index (κ2) is 7.33. The van der Waals surface area contributed by atoms with E-state index in [2.05, 4.69) is 5.10 Å². The van der Waals surface area contributed by atoms with Crippen molar-refractivity contribution in [2.45, 2.75) is 6.54 Å². The first kappa shape index (κ1) is 16.8. The van der Waals surface area contributed by atoms with Crippen LogP contribution in [0.1, 0.15) is 11.1 Å². The second-order valence-corrected chi connectivity index (χ2v) is 6.35. The molecule has 27 heavy (non-hydrogen) atoms. The van der Waals surface area contributed by atoms with Crippen molar-refractivity contribution in [2.75, 3.05) is 7.05 Å². The molecule has 0 unspecified atom stereocenters. The highest BCUT2D eigenvalue weighted by molar-refractivity contribution is 6.01. The van der Waals surface area contributed by atoms with Gasteiger partial charge in [-0.2, -0.15) is 5.10 Å². The molecular formula is C22H19N3O2. The van der Waals surface area contributed by atoms with Gasteiger partial charge in [-0.15, -0.1) is 0 Å². The van der Waals surface area contributed by atoms with Crippen LogP contribution in [0, 0.1) is 0 Å². The van der Waals surface area contributed by atoms with Crippen molar-refractivity contribution >= 4 is 12.0 Å². The summed E-state index contributed by atoms with van der Waals surface area (Å²) in [4.78, 5) is 14.5. The Morgan fingerprint density at radius 3 is 2.74 bits per heavy atom. The zero-order valence-electron chi connectivity index (χ0n) is 14.9. The molecule has 0 spiro atoms. The van der Waals surface area contributed by atoms with Crippen LogP contribution in [-0.2, 0) is 11.3 Å². The van der Waals surface area contributed by atoms with Gasteiger partial charge in [0.05, 0.1) is 18.1 Å². The lowest BCUT2D eigenvalue weighted by molar-refractivity contribution is -0.125. The lowest BCUT2D eigenvalue weighted by Gasteiger charge is -2.16. The van der Waals surface area contributed by atoms with Crippen molar-refractivity contribution in [1.29, 1.82) is 0 Å². The van der Waals surface area contributed by atoms with Gasteiger partial charge in [0, 0.05) is 36.5 Å². The van der Waals surface area contributed by atoms with Crippen LogP contribution in [0.15, 0.2) is 84.9 Å². The molecule has 2 heterocycles. The number of carbonyl (C=O) groups is 1. The Kier molecular flexibility index (Phi) is 4.58. The highest BCUT2D eigenvalue weighted by Crippen LogP contribution is 2.25. The summed E-state index contributed by atoms with van der Waals surface area (Å²) in [7, 11) is 1.79. The van der Waals surface area contributed by atoms with Crippen molar-refractivity contribution in [1.82, 2.24) is 14.7 Å². The fourth-order valence-electron chi connectivity index (χ4n) is 2.97. The van der Waals surface area contributed by atoms with Gasteiger partial charge >= 0.3 is 0 Å². The number of carbonyl (C=O) groups excluding carboxylic acids is 1. The standard InChI is InChI=1S/C22H19N3O2/c1-24(15-17-14-23-25(16-17)20-8-3-2-4-9-20)22(26)19-11-12-27-21-10-6-5-7-18(21)13-19/h2-14,16H,15H2,1H3. The Morgan fingerprint density at radius 1 is 1.11 bits per heavy atom. The average Bonchev–Trinajstić information content (AvgIpc) is 3.05. The molecule has 0 saturated carbocycles. The number of rotatable bonds is 4. The van der Waals surface area contributed by atoms with E-state index >= 15 is 0 Å². The van der Waals surface area contributed by atoms with Gasteiger partial charge in [0.1, 0.15) is 5.75 Å². The second-order valence-electron chi connectivity index (χ2n) is 6.35. The van der Waals surface area contributed by atoms with E-state index in [1.807, 2.05) is 71.6 Å². The van der Waals surface area contributed by atoms with E-state index in [9.17, 15) is 4.79 Å². The fourth-order valence-corrected chi connectivity index (χ4v) is 2.97. The van der Waals surface area contributed by atoms with Crippen molar-refractivity contribution in [3.05, 3.63) is 96.0 Å². The third kappa shape index (κ3) is 3.67. The molecule has 1 aromatic heterocycles. The maximum absolute atomic E-state index is 12.9. The number of nitrogens with zero attached hydrogens (tertiary/aromatic N) is 3. The van der Waals surface area contributed by atoms with E-state index in [0.29, 0.717) is 12.1 Å². The largest absolute Gasteiger partial charge is 0.464 e.